The molecule has 5 heteroatoms. The number of aryl methyl sites for hydroxylation is 1. The van der Waals surface area contributed by atoms with Gasteiger partial charge in [-0.2, -0.15) is 0 Å². The predicted molar refractivity (Wildman–Crippen MR) is 107 cm³/mol. The van der Waals surface area contributed by atoms with E-state index in [1.165, 1.54) is 0 Å². The highest BCUT2D eigenvalue weighted by molar-refractivity contribution is 5.94. The maximum atomic E-state index is 13.0. The Bertz CT molecular complexity index is 1040. The molecule has 0 radical (unpaired) electrons. The molecule has 0 saturated carbocycles. The first-order valence-corrected chi connectivity index (χ1v) is 8.97. The van der Waals surface area contributed by atoms with Gasteiger partial charge in [0.25, 0.3) is 11.5 Å². The molecule has 0 aliphatic rings. The Morgan fingerprint density at radius 3 is 2.59 bits per heavy atom. The van der Waals surface area contributed by atoms with Gasteiger partial charge in [0.1, 0.15) is 5.75 Å². The highest BCUT2D eigenvalue weighted by atomic mass is 16.5. The van der Waals surface area contributed by atoms with Crippen molar-refractivity contribution in [2.75, 3.05) is 7.11 Å². The largest absolute Gasteiger partial charge is 0.497 e. The summed E-state index contributed by atoms with van der Waals surface area (Å²) in [5.41, 5.74) is 2.79. The molecule has 5 nitrogen and oxygen atoms in total. The maximum absolute atomic E-state index is 13.0. The third kappa shape index (κ3) is 3.87. The van der Waals surface area contributed by atoms with E-state index in [9.17, 15) is 9.59 Å². The molecule has 0 unspecified atom stereocenters. The Morgan fingerprint density at radius 2 is 1.89 bits per heavy atom. The van der Waals surface area contributed by atoms with Crippen molar-refractivity contribution in [2.24, 2.45) is 0 Å². The van der Waals surface area contributed by atoms with Gasteiger partial charge in [0.05, 0.1) is 19.2 Å². The molecule has 2 aromatic carbocycles. The number of rotatable bonds is 5. The van der Waals surface area contributed by atoms with Gasteiger partial charge in [0.15, 0.2) is 0 Å². The second-order valence-electron chi connectivity index (χ2n) is 6.92. The van der Waals surface area contributed by atoms with E-state index in [0.29, 0.717) is 16.9 Å². The van der Waals surface area contributed by atoms with Crippen molar-refractivity contribution in [3.63, 3.8) is 0 Å². The van der Waals surface area contributed by atoms with E-state index in [1.807, 2.05) is 45.0 Å². The number of carbonyl (C=O) groups is 1. The van der Waals surface area contributed by atoms with Crippen molar-refractivity contribution in [3.05, 3.63) is 75.6 Å². The number of benzene rings is 2. The number of fused-ring (bicyclic) bond motifs is 1. The summed E-state index contributed by atoms with van der Waals surface area (Å²) in [6, 6.07) is 14.8. The molecule has 3 aromatic rings. The van der Waals surface area contributed by atoms with Crippen LogP contribution in [0, 0.1) is 6.92 Å². The number of para-hydroxylation sites is 1. The summed E-state index contributed by atoms with van der Waals surface area (Å²) in [6.07, 6.45) is 0. The molecule has 0 atom stereocenters. The van der Waals surface area contributed by atoms with Gasteiger partial charge in [-0.15, -0.1) is 0 Å². The topological polar surface area (TPSA) is 62.4 Å². The Morgan fingerprint density at radius 1 is 1.15 bits per heavy atom. The maximum Gasteiger partial charge on any atom is 0.254 e. The van der Waals surface area contributed by atoms with E-state index < -0.39 is 0 Å². The normalized spacial score (nSPS) is 11.0. The average Bonchev–Trinajstić information content (AvgIpc) is 2.66. The van der Waals surface area contributed by atoms with Crippen molar-refractivity contribution >= 4 is 16.8 Å². The van der Waals surface area contributed by atoms with Gasteiger partial charge in [0.2, 0.25) is 0 Å². The third-order valence-corrected chi connectivity index (χ3v) is 4.71. The van der Waals surface area contributed by atoms with Gasteiger partial charge in [-0.05, 0) is 56.0 Å². The number of aromatic nitrogens is 1. The van der Waals surface area contributed by atoms with Gasteiger partial charge in [0, 0.05) is 17.2 Å². The van der Waals surface area contributed by atoms with Crippen LogP contribution in [0.4, 0.5) is 0 Å². The van der Waals surface area contributed by atoms with Crippen molar-refractivity contribution < 1.29 is 9.53 Å². The summed E-state index contributed by atoms with van der Waals surface area (Å²) < 4.78 is 5.22. The van der Waals surface area contributed by atoms with Crippen LogP contribution in [0.25, 0.3) is 10.9 Å². The van der Waals surface area contributed by atoms with E-state index in [0.717, 1.165) is 16.5 Å². The number of pyridine rings is 1. The molecular weight excluding hydrogens is 340 g/mol. The van der Waals surface area contributed by atoms with Crippen LogP contribution in [0.15, 0.2) is 53.3 Å². The average molecular weight is 364 g/mol. The van der Waals surface area contributed by atoms with Crippen LogP contribution in [-0.2, 0) is 6.54 Å². The van der Waals surface area contributed by atoms with Crippen LogP contribution in [0.2, 0.25) is 0 Å². The van der Waals surface area contributed by atoms with E-state index in [1.54, 1.807) is 36.3 Å². The predicted octanol–water partition coefficient (Wildman–Crippen LogP) is 3.90. The summed E-state index contributed by atoms with van der Waals surface area (Å²) in [5, 5.41) is 0.960. The molecular formula is C22H24N2O3. The van der Waals surface area contributed by atoms with Crippen LogP contribution in [0.3, 0.4) is 0 Å². The number of nitrogens with one attached hydrogen (secondary N) is 1. The lowest BCUT2D eigenvalue weighted by atomic mass is 10.1. The highest BCUT2D eigenvalue weighted by Crippen LogP contribution is 2.19. The van der Waals surface area contributed by atoms with Crippen LogP contribution < -0.4 is 10.3 Å². The van der Waals surface area contributed by atoms with E-state index in [-0.39, 0.29) is 24.1 Å². The molecule has 1 N–H and O–H groups in total. The molecule has 1 heterocycles. The molecule has 0 aliphatic carbocycles. The van der Waals surface area contributed by atoms with Crippen LogP contribution >= 0.6 is 0 Å². The lowest BCUT2D eigenvalue weighted by Gasteiger charge is -2.27. The number of nitrogens with zero attached hydrogens (tertiary/aromatic N) is 1. The van der Waals surface area contributed by atoms with Gasteiger partial charge < -0.3 is 14.6 Å². The molecule has 3 rings (SSSR count). The van der Waals surface area contributed by atoms with E-state index in [2.05, 4.69) is 4.98 Å². The molecule has 1 aromatic heterocycles. The van der Waals surface area contributed by atoms with Gasteiger partial charge in [-0.1, -0.05) is 24.3 Å². The highest BCUT2D eigenvalue weighted by Gasteiger charge is 2.21. The molecule has 0 fully saturated rings. The Labute approximate surface area is 158 Å². The Hall–Kier alpha value is -3.08. The first kappa shape index (κ1) is 18.7. The zero-order valence-corrected chi connectivity index (χ0v) is 16.1. The first-order valence-electron chi connectivity index (χ1n) is 8.97. The van der Waals surface area contributed by atoms with Crippen LogP contribution in [0.5, 0.6) is 5.75 Å². The molecule has 0 bridgehead atoms. The quantitative estimate of drug-likeness (QED) is 0.747. The zero-order chi connectivity index (χ0) is 19.6. The minimum atomic E-state index is -0.166. The van der Waals surface area contributed by atoms with Gasteiger partial charge >= 0.3 is 0 Å². The number of carbonyl (C=O) groups excluding carboxylic acids is 1. The number of H-pyrrole nitrogens is 1. The summed E-state index contributed by atoms with van der Waals surface area (Å²) >= 11 is 0. The lowest BCUT2D eigenvalue weighted by Crippen LogP contribution is -2.38. The number of ether oxygens (including phenoxy) is 1. The summed E-state index contributed by atoms with van der Waals surface area (Å²) in [7, 11) is 1.57. The van der Waals surface area contributed by atoms with Gasteiger partial charge in [-0.3, -0.25) is 9.59 Å². The first-order chi connectivity index (χ1) is 12.9. The van der Waals surface area contributed by atoms with E-state index in [4.69, 9.17) is 4.74 Å². The second-order valence-corrected chi connectivity index (χ2v) is 6.92. The molecule has 0 spiro atoms. The SMILES string of the molecule is COc1cccc(C(=O)N(Cc2cc3cccc(C)c3[nH]c2=O)C(C)C)c1. The molecule has 140 valence electrons. The fourth-order valence-electron chi connectivity index (χ4n) is 3.14. The number of methoxy groups -OCH3 is 1. The van der Waals surface area contributed by atoms with Crippen molar-refractivity contribution in [1.82, 2.24) is 9.88 Å². The number of hydrogen-bond donors (Lipinski definition) is 1. The third-order valence-electron chi connectivity index (χ3n) is 4.71. The molecule has 1 amide bonds. The van der Waals surface area contributed by atoms with E-state index >= 15 is 0 Å². The van der Waals surface area contributed by atoms with Gasteiger partial charge in [-0.25, -0.2) is 0 Å². The second kappa shape index (κ2) is 7.66. The minimum absolute atomic E-state index is 0.0590. The summed E-state index contributed by atoms with van der Waals surface area (Å²) in [6.45, 7) is 6.09. The molecule has 0 aliphatic heterocycles. The number of amides is 1. The zero-order valence-electron chi connectivity index (χ0n) is 16.1. The molecule has 0 saturated heterocycles. The number of hydrogen-bond acceptors (Lipinski definition) is 3. The van der Waals surface area contributed by atoms with Crippen LogP contribution in [0.1, 0.15) is 35.3 Å². The Kier molecular flexibility index (Phi) is 5.31. The van der Waals surface area contributed by atoms with Crippen molar-refractivity contribution in [1.29, 1.82) is 0 Å². The van der Waals surface area contributed by atoms with Crippen molar-refractivity contribution in [3.8, 4) is 5.75 Å². The smallest absolute Gasteiger partial charge is 0.254 e. The van der Waals surface area contributed by atoms with Crippen molar-refractivity contribution in [2.45, 2.75) is 33.4 Å². The lowest BCUT2D eigenvalue weighted by molar-refractivity contribution is 0.0689. The number of aromatic amines is 1. The molecule has 27 heavy (non-hydrogen) atoms. The Balaban J connectivity index is 1.97. The monoisotopic (exact) mass is 364 g/mol. The standard InChI is InChI=1S/C22H24N2O3/c1-14(2)24(22(26)17-9-6-10-19(12-17)27-4)13-18-11-16-8-5-7-15(3)20(16)23-21(18)25/h5-12,14H,13H2,1-4H3,(H,23,25). The van der Waals surface area contributed by atoms with Crippen LogP contribution in [-0.4, -0.2) is 28.9 Å². The fraction of sp³-hybridized carbons (Fsp3) is 0.273. The summed E-state index contributed by atoms with van der Waals surface area (Å²) in [4.78, 5) is 30.3. The summed E-state index contributed by atoms with van der Waals surface area (Å²) in [5.74, 6) is 0.497. The minimum Gasteiger partial charge on any atom is -0.497 e. The fourth-order valence-corrected chi connectivity index (χ4v) is 3.14.